The Morgan fingerprint density at radius 2 is 2.04 bits per heavy atom. The molecule has 0 spiro atoms. The predicted octanol–water partition coefficient (Wildman–Crippen LogP) is 3.88. The summed E-state index contributed by atoms with van der Waals surface area (Å²) in [6.07, 6.45) is 9.60. The molecule has 0 radical (unpaired) electrons. The first kappa shape index (κ1) is 17.2. The Bertz CT molecular complexity index is 735. The summed E-state index contributed by atoms with van der Waals surface area (Å²) in [4.78, 5) is 0. The molecule has 5 nitrogen and oxygen atoms in total. The number of rotatable bonds is 4. The van der Waals surface area contributed by atoms with E-state index in [0.29, 0.717) is 12.0 Å². The molecule has 0 saturated heterocycles. The van der Waals surface area contributed by atoms with Crippen molar-refractivity contribution in [2.24, 2.45) is 11.0 Å². The molecule has 1 aromatic rings. The van der Waals surface area contributed by atoms with Crippen molar-refractivity contribution in [2.45, 2.75) is 62.5 Å². The van der Waals surface area contributed by atoms with Crippen LogP contribution in [0.1, 0.15) is 50.5 Å². The molecular formula is C21H27N3O2. The number of nitriles is 1. The molecule has 3 atom stereocenters. The first-order chi connectivity index (χ1) is 12.6. The minimum atomic E-state index is -0.474. The molecule has 4 rings (SSSR count). The van der Waals surface area contributed by atoms with Gasteiger partial charge in [0.15, 0.2) is 11.5 Å². The summed E-state index contributed by atoms with van der Waals surface area (Å²) in [6.45, 7) is 0. The SMILES string of the molecule is COc1ccc(C2(C#N)CCC3C(C=NN3C)C2)cc1OC1CCCC1. The van der Waals surface area contributed by atoms with E-state index in [1.54, 1.807) is 7.11 Å². The third kappa shape index (κ3) is 2.92. The summed E-state index contributed by atoms with van der Waals surface area (Å²) >= 11 is 0. The molecular weight excluding hydrogens is 326 g/mol. The number of fused-ring (bicyclic) bond motifs is 1. The van der Waals surface area contributed by atoms with Gasteiger partial charge in [0.1, 0.15) is 0 Å². The maximum absolute atomic E-state index is 10.1. The smallest absolute Gasteiger partial charge is 0.161 e. The summed E-state index contributed by atoms with van der Waals surface area (Å²) in [7, 11) is 3.70. The second-order valence-electron chi connectivity index (χ2n) is 7.90. The van der Waals surface area contributed by atoms with E-state index in [1.807, 2.05) is 25.4 Å². The van der Waals surface area contributed by atoms with Gasteiger partial charge < -0.3 is 9.47 Å². The summed E-state index contributed by atoms with van der Waals surface area (Å²) in [5.41, 5.74) is 0.577. The lowest BCUT2D eigenvalue weighted by molar-refractivity contribution is 0.166. The van der Waals surface area contributed by atoms with E-state index in [1.165, 1.54) is 12.8 Å². The highest BCUT2D eigenvalue weighted by atomic mass is 16.5. The number of benzene rings is 1. The number of hydrogen-bond donors (Lipinski definition) is 0. The molecule has 3 aliphatic rings. The highest BCUT2D eigenvalue weighted by Crippen LogP contribution is 2.46. The summed E-state index contributed by atoms with van der Waals surface area (Å²) in [5.74, 6) is 1.88. The average Bonchev–Trinajstić information content (AvgIpc) is 3.31. The quantitative estimate of drug-likeness (QED) is 0.824. The lowest BCUT2D eigenvalue weighted by atomic mass is 9.65. The summed E-state index contributed by atoms with van der Waals surface area (Å²) in [5, 5.41) is 16.6. The van der Waals surface area contributed by atoms with E-state index >= 15 is 0 Å². The molecule has 0 bridgehead atoms. The minimum absolute atomic E-state index is 0.267. The first-order valence-corrected chi connectivity index (χ1v) is 9.68. The monoisotopic (exact) mass is 353 g/mol. The van der Waals surface area contributed by atoms with Crippen molar-refractivity contribution >= 4 is 6.21 Å². The van der Waals surface area contributed by atoms with Crippen LogP contribution in [-0.2, 0) is 5.41 Å². The molecule has 1 aromatic carbocycles. The van der Waals surface area contributed by atoms with Crippen molar-refractivity contribution in [3.8, 4) is 17.6 Å². The molecule has 0 aromatic heterocycles. The topological polar surface area (TPSA) is 57.8 Å². The number of hydrogen-bond acceptors (Lipinski definition) is 5. The molecule has 1 heterocycles. The Morgan fingerprint density at radius 3 is 2.77 bits per heavy atom. The fourth-order valence-corrected chi connectivity index (χ4v) is 4.82. The highest BCUT2D eigenvalue weighted by molar-refractivity contribution is 5.65. The Balaban J connectivity index is 1.63. The fourth-order valence-electron chi connectivity index (χ4n) is 4.82. The van der Waals surface area contributed by atoms with E-state index in [9.17, 15) is 5.26 Å². The van der Waals surface area contributed by atoms with Gasteiger partial charge in [-0.1, -0.05) is 6.07 Å². The van der Waals surface area contributed by atoms with Gasteiger partial charge in [0.25, 0.3) is 0 Å². The first-order valence-electron chi connectivity index (χ1n) is 9.68. The number of methoxy groups -OCH3 is 1. The van der Waals surface area contributed by atoms with Gasteiger partial charge in [-0.3, -0.25) is 5.01 Å². The van der Waals surface area contributed by atoms with E-state index in [0.717, 1.165) is 49.2 Å². The van der Waals surface area contributed by atoms with Gasteiger partial charge in [-0.2, -0.15) is 10.4 Å². The number of ether oxygens (including phenoxy) is 2. The molecule has 0 N–H and O–H groups in total. The zero-order valence-electron chi connectivity index (χ0n) is 15.6. The number of hydrazone groups is 1. The molecule has 1 aliphatic heterocycles. The van der Waals surface area contributed by atoms with Gasteiger partial charge in [-0.05, 0) is 62.6 Å². The van der Waals surface area contributed by atoms with Gasteiger partial charge >= 0.3 is 0 Å². The van der Waals surface area contributed by atoms with Gasteiger partial charge in [0.2, 0.25) is 0 Å². The largest absolute Gasteiger partial charge is 0.493 e. The molecule has 0 amide bonds. The normalized spacial score (nSPS) is 30.9. The van der Waals surface area contributed by atoms with Crippen molar-refractivity contribution in [3.63, 3.8) is 0 Å². The second kappa shape index (κ2) is 6.83. The lowest BCUT2D eigenvalue weighted by Crippen LogP contribution is -2.41. The van der Waals surface area contributed by atoms with E-state index in [4.69, 9.17) is 9.47 Å². The zero-order chi connectivity index (χ0) is 18.1. The van der Waals surface area contributed by atoms with Gasteiger partial charge in [-0.25, -0.2) is 0 Å². The van der Waals surface area contributed by atoms with E-state index in [-0.39, 0.29) is 6.10 Å². The van der Waals surface area contributed by atoms with Crippen LogP contribution in [-0.4, -0.2) is 37.5 Å². The Kier molecular flexibility index (Phi) is 4.52. The van der Waals surface area contributed by atoms with Crippen LogP contribution in [0.5, 0.6) is 11.5 Å². The lowest BCUT2D eigenvalue weighted by Gasteiger charge is -2.39. The Morgan fingerprint density at radius 1 is 1.23 bits per heavy atom. The van der Waals surface area contributed by atoms with Gasteiger partial charge in [0, 0.05) is 19.2 Å². The molecule has 2 saturated carbocycles. The van der Waals surface area contributed by atoms with E-state index in [2.05, 4.69) is 22.2 Å². The third-order valence-electron chi connectivity index (χ3n) is 6.39. The van der Waals surface area contributed by atoms with Crippen LogP contribution in [0.4, 0.5) is 0 Å². The van der Waals surface area contributed by atoms with Crippen LogP contribution in [0.2, 0.25) is 0 Å². The molecule has 26 heavy (non-hydrogen) atoms. The standard InChI is InChI=1S/C21H27N3O2/c1-24-18-9-10-21(14-22,12-15(18)13-23-24)16-7-8-19(25-2)20(11-16)26-17-5-3-4-6-17/h7-8,11,13,15,17-18H,3-6,9-10,12H2,1-2H3. The average molecular weight is 353 g/mol. The molecule has 138 valence electrons. The van der Waals surface area contributed by atoms with Crippen LogP contribution in [0.15, 0.2) is 23.3 Å². The minimum Gasteiger partial charge on any atom is -0.493 e. The molecule has 2 aliphatic carbocycles. The predicted molar refractivity (Wildman–Crippen MR) is 101 cm³/mol. The van der Waals surface area contributed by atoms with E-state index < -0.39 is 5.41 Å². The maximum Gasteiger partial charge on any atom is 0.161 e. The summed E-state index contributed by atoms with van der Waals surface area (Å²) < 4.78 is 11.8. The van der Waals surface area contributed by atoms with Crippen LogP contribution in [0, 0.1) is 17.2 Å². The van der Waals surface area contributed by atoms with Crippen LogP contribution in [0.25, 0.3) is 0 Å². The number of nitrogens with zero attached hydrogens (tertiary/aromatic N) is 3. The van der Waals surface area contributed by atoms with Gasteiger partial charge in [-0.15, -0.1) is 0 Å². The fraction of sp³-hybridized carbons (Fsp3) is 0.619. The Hall–Kier alpha value is -2.22. The van der Waals surface area contributed by atoms with Crippen molar-refractivity contribution in [1.82, 2.24) is 5.01 Å². The van der Waals surface area contributed by atoms with Crippen LogP contribution < -0.4 is 9.47 Å². The Labute approximate surface area is 155 Å². The highest BCUT2D eigenvalue weighted by Gasteiger charge is 2.45. The van der Waals surface area contributed by atoms with Crippen molar-refractivity contribution in [1.29, 1.82) is 5.26 Å². The van der Waals surface area contributed by atoms with Crippen molar-refractivity contribution in [3.05, 3.63) is 23.8 Å². The van der Waals surface area contributed by atoms with Crippen LogP contribution >= 0.6 is 0 Å². The molecule has 3 unspecified atom stereocenters. The van der Waals surface area contributed by atoms with Crippen LogP contribution in [0.3, 0.4) is 0 Å². The van der Waals surface area contributed by atoms with Crippen molar-refractivity contribution in [2.75, 3.05) is 14.2 Å². The molecule has 2 fully saturated rings. The second-order valence-corrected chi connectivity index (χ2v) is 7.90. The van der Waals surface area contributed by atoms with Crippen molar-refractivity contribution < 1.29 is 9.47 Å². The molecule has 5 heteroatoms. The third-order valence-corrected chi connectivity index (χ3v) is 6.39. The maximum atomic E-state index is 10.1. The summed E-state index contributed by atoms with van der Waals surface area (Å²) in [6, 6.07) is 9.13. The van der Waals surface area contributed by atoms with Gasteiger partial charge in [0.05, 0.1) is 30.7 Å². The zero-order valence-corrected chi connectivity index (χ0v) is 15.6.